The number of para-hydroxylation sites is 1. The number of aryl methyl sites for hydroxylation is 1. The van der Waals surface area contributed by atoms with Crippen LogP contribution in [-0.4, -0.2) is 30.8 Å². The molecule has 1 N–H and O–H groups in total. The van der Waals surface area contributed by atoms with E-state index in [0.717, 1.165) is 24.3 Å². The number of fused-ring (bicyclic) bond motifs is 1. The predicted molar refractivity (Wildman–Crippen MR) is 106 cm³/mol. The highest BCUT2D eigenvalue weighted by atomic mass is 19.4. The van der Waals surface area contributed by atoms with Gasteiger partial charge in [-0.1, -0.05) is 18.2 Å². The van der Waals surface area contributed by atoms with E-state index in [9.17, 15) is 22.8 Å². The Morgan fingerprint density at radius 1 is 1.10 bits per heavy atom. The van der Waals surface area contributed by atoms with E-state index in [1.54, 1.807) is 31.3 Å². The van der Waals surface area contributed by atoms with Crippen molar-refractivity contribution in [2.45, 2.75) is 6.18 Å². The summed E-state index contributed by atoms with van der Waals surface area (Å²) in [4.78, 5) is 25.1. The molecule has 0 aliphatic carbocycles. The van der Waals surface area contributed by atoms with Gasteiger partial charge >= 0.3 is 6.18 Å². The molecule has 2 aromatic carbocycles. The molecule has 1 heterocycles. The van der Waals surface area contributed by atoms with Crippen molar-refractivity contribution in [3.63, 3.8) is 0 Å². The smallest absolute Gasteiger partial charge is 0.416 e. The quantitative estimate of drug-likeness (QED) is 0.616. The monoisotopic (exact) mass is 420 g/mol. The number of ether oxygens (including phenoxy) is 2. The summed E-state index contributed by atoms with van der Waals surface area (Å²) in [5.41, 5.74) is -0.939. The van der Waals surface area contributed by atoms with Crippen molar-refractivity contribution in [2.75, 3.05) is 25.6 Å². The second-order valence-electron chi connectivity index (χ2n) is 6.48. The number of nitrogens with zero attached hydrogens (tertiary/aromatic N) is 1. The Kier molecular flexibility index (Phi) is 6.12. The Labute approximate surface area is 169 Å². The number of carbonyl (C=O) groups is 1. The highest BCUT2D eigenvalue weighted by molar-refractivity contribution is 6.12. The third kappa shape index (κ3) is 4.46. The van der Waals surface area contributed by atoms with Gasteiger partial charge in [0.1, 0.15) is 12.4 Å². The molecule has 0 spiro atoms. The summed E-state index contributed by atoms with van der Waals surface area (Å²) in [6.07, 6.45) is -4.60. The van der Waals surface area contributed by atoms with Gasteiger partial charge in [-0.25, -0.2) is 0 Å². The van der Waals surface area contributed by atoms with Gasteiger partial charge in [-0.2, -0.15) is 13.2 Å². The second-order valence-corrected chi connectivity index (χ2v) is 6.48. The highest BCUT2D eigenvalue weighted by Gasteiger charge is 2.31. The van der Waals surface area contributed by atoms with Crippen LogP contribution in [0.25, 0.3) is 10.9 Å². The Bertz CT molecular complexity index is 1140. The fourth-order valence-electron chi connectivity index (χ4n) is 2.95. The molecule has 0 saturated carbocycles. The van der Waals surface area contributed by atoms with E-state index >= 15 is 0 Å². The van der Waals surface area contributed by atoms with Gasteiger partial charge in [-0.3, -0.25) is 9.59 Å². The van der Waals surface area contributed by atoms with Crippen molar-refractivity contribution in [1.82, 2.24) is 4.57 Å². The molecule has 3 aromatic rings. The SMILES string of the molecule is COCCOc1ccc(C(F)(F)F)cc1NC(=O)c1cc(=O)n(C)c2ccccc12. The first kappa shape index (κ1) is 21.4. The van der Waals surface area contributed by atoms with E-state index in [1.807, 2.05) is 0 Å². The van der Waals surface area contributed by atoms with Gasteiger partial charge in [0, 0.05) is 25.6 Å². The van der Waals surface area contributed by atoms with Crippen molar-refractivity contribution in [2.24, 2.45) is 7.05 Å². The minimum atomic E-state index is -4.60. The predicted octanol–water partition coefficient (Wildman–Crippen LogP) is 3.83. The molecule has 1 amide bonds. The Hall–Kier alpha value is -3.33. The van der Waals surface area contributed by atoms with Crippen LogP contribution in [0.4, 0.5) is 18.9 Å². The number of halogens is 3. The molecule has 0 radical (unpaired) electrons. The molecule has 0 saturated heterocycles. The number of methoxy groups -OCH3 is 1. The Morgan fingerprint density at radius 3 is 2.53 bits per heavy atom. The molecule has 0 aliphatic rings. The molecule has 6 nitrogen and oxygen atoms in total. The molecule has 30 heavy (non-hydrogen) atoms. The fourth-order valence-corrected chi connectivity index (χ4v) is 2.95. The number of hydrogen-bond donors (Lipinski definition) is 1. The molecule has 0 bridgehead atoms. The summed E-state index contributed by atoms with van der Waals surface area (Å²) < 4.78 is 51.2. The van der Waals surface area contributed by atoms with Crippen molar-refractivity contribution < 1.29 is 27.4 Å². The largest absolute Gasteiger partial charge is 0.489 e. The summed E-state index contributed by atoms with van der Waals surface area (Å²) >= 11 is 0. The Morgan fingerprint density at radius 2 is 1.83 bits per heavy atom. The fraction of sp³-hybridized carbons (Fsp3) is 0.238. The molecular weight excluding hydrogens is 401 g/mol. The average molecular weight is 420 g/mol. The zero-order valence-corrected chi connectivity index (χ0v) is 16.2. The summed E-state index contributed by atoms with van der Waals surface area (Å²) in [7, 11) is 3.03. The lowest BCUT2D eigenvalue weighted by molar-refractivity contribution is -0.137. The van der Waals surface area contributed by atoms with Gasteiger partial charge < -0.3 is 19.4 Å². The number of anilines is 1. The maximum absolute atomic E-state index is 13.2. The molecular formula is C21H19F3N2O4. The van der Waals surface area contributed by atoms with Crippen molar-refractivity contribution in [1.29, 1.82) is 0 Å². The first-order valence-electron chi connectivity index (χ1n) is 8.95. The number of aromatic nitrogens is 1. The lowest BCUT2D eigenvalue weighted by Crippen LogP contribution is -2.22. The number of hydrogen-bond acceptors (Lipinski definition) is 4. The number of amides is 1. The third-order valence-corrected chi connectivity index (χ3v) is 4.50. The number of nitrogens with one attached hydrogen (secondary N) is 1. The van der Waals surface area contributed by atoms with E-state index in [2.05, 4.69) is 5.32 Å². The lowest BCUT2D eigenvalue weighted by Gasteiger charge is -2.16. The van der Waals surface area contributed by atoms with E-state index in [-0.39, 0.29) is 30.2 Å². The Balaban J connectivity index is 2.02. The first-order valence-corrected chi connectivity index (χ1v) is 8.95. The van der Waals surface area contributed by atoms with Gasteiger partial charge in [0.25, 0.3) is 11.5 Å². The second kappa shape index (κ2) is 8.58. The van der Waals surface area contributed by atoms with Crippen LogP contribution in [0, 0.1) is 0 Å². The van der Waals surface area contributed by atoms with Gasteiger partial charge in [0.15, 0.2) is 0 Å². The average Bonchev–Trinajstić information content (AvgIpc) is 2.71. The summed E-state index contributed by atoms with van der Waals surface area (Å²) in [6.45, 7) is 0.299. The zero-order chi connectivity index (χ0) is 21.9. The maximum atomic E-state index is 13.2. The van der Waals surface area contributed by atoms with Gasteiger partial charge in [-0.15, -0.1) is 0 Å². The van der Waals surface area contributed by atoms with E-state index in [0.29, 0.717) is 10.9 Å². The summed E-state index contributed by atoms with van der Waals surface area (Å²) in [5.74, 6) is -0.665. The molecule has 0 unspecified atom stereocenters. The molecule has 158 valence electrons. The maximum Gasteiger partial charge on any atom is 0.416 e. The lowest BCUT2D eigenvalue weighted by atomic mass is 10.1. The van der Waals surface area contributed by atoms with Crippen molar-refractivity contribution >= 4 is 22.5 Å². The van der Waals surface area contributed by atoms with Crippen LogP contribution in [0.1, 0.15) is 15.9 Å². The van der Waals surface area contributed by atoms with Crippen molar-refractivity contribution in [3.8, 4) is 5.75 Å². The van der Waals surface area contributed by atoms with Crippen LogP contribution in [-0.2, 0) is 18.0 Å². The molecule has 1 aromatic heterocycles. The summed E-state index contributed by atoms with van der Waals surface area (Å²) in [6, 6.07) is 10.7. The minimum absolute atomic E-state index is 0.0500. The zero-order valence-electron chi connectivity index (χ0n) is 16.2. The number of pyridine rings is 1. The minimum Gasteiger partial charge on any atom is -0.489 e. The molecule has 9 heteroatoms. The third-order valence-electron chi connectivity index (χ3n) is 4.50. The molecule has 3 rings (SSSR count). The van der Waals surface area contributed by atoms with E-state index in [4.69, 9.17) is 9.47 Å². The van der Waals surface area contributed by atoms with Crippen LogP contribution in [0.5, 0.6) is 5.75 Å². The van der Waals surface area contributed by atoms with Gasteiger partial charge in [-0.05, 0) is 24.3 Å². The van der Waals surface area contributed by atoms with E-state index < -0.39 is 23.2 Å². The molecule has 0 fully saturated rings. The molecule has 0 atom stereocenters. The first-order chi connectivity index (χ1) is 14.2. The van der Waals surface area contributed by atoms with Gasteiger partial charge in [0.2, 0.25) is 0 Å². The highest BCUT2D eigenvalue weighted by Crippen LogP contribution is 2.35. The van der Waals surface area contributed by atoms with Crippen LogP contribution in [0.2, 0.25) is 0 Å². The van der Waals surface area contributed by atoms with Crippen molar-refractivity contribution in [3.05, 3.63) is 70.0 Å². The molecule has 0 aliphatic heterocycles. The normalized spacial score (nSPS) is 11.5. The van der Waals surface area contributed by atoms with Crippen LogP contribution in [0.3, 0.4) is 0 Å². The van der Waals surface area contributed by atoms with E-state index in [1.165, 1.54) is 11.7 Å². The topological polar surface area (TPSA) is 69.6 Å². The van der Waals surface area contributed by atoms with Crippen LogP contribution in [0.15, 0.2) is 53.3 Å². The number of rotatable bonds is 6. The van der Waals surface area contributed by atoms with Gasteiger partial charge in [0.05, 0.1) is 28.9 Å². The van der Waals surface area contributed by atoms with Crippen LogP contribution < -0.4 is 15.6 Å². The number of alkyl halides is 3. The number of carbonyl (C=O) groups excluding carboxylic acids is 1. The standard InChI is InChI=1S/C21H19F3N2O4/c1-26-17-6-4-3-5-14(17)15(12-19(26)27)20(28)25-16-11-13(21(22,23)24)7-8-18(16)30-10-9-29-2/h3-8,11-12H,9-10H2,1-2H3,(H,25,28). The summed E-state index contributed by atoms with van der Waals surface area (Å²) in [5, 5.41) is 2.94. The number of benzene rings is 2. The van der Waals surface area contributed by atoms with Crippen LogP contribution >= 0.6 is 0 Å².